The van der Waals surface area contributed by atoms with E-state index in [9.17, 15) is 9.18 Å². The van der Waals surface area contributed by atoms with Crippen LogP contribution >= 0.6 is 0 Å². The van der Waals surface area contributed by atoms with Crippen molar-refractivity contribution >= 4 is 5.78 Å². The van der Waals surface area contributed by atoms with Gasteiger partial charge in [0.15, 0.2) is 5.78 Å². The Morgan fingerprint density at radius 1 is 1.22 bits per heavy atom. The summed E-state index contributed by atoms with van der Waals surface area (Å²) in [5, 5.41) is 8.18. The summed E-state index contributed by atoms with van der Waals surface area (Å²) >= 11 is 0. The lowest BCUT2D eigenvalue weighted by atomic mass is 9.91. The molecule has 1 aliphatic rings. The lowest BCUT2D eigenvalue weighted by Gasteiger charge is -2.15. The molecule has 32 heavy (non-hydrogen) atoms. The first-order valence-corrected chi connectivity index (χ1v) is 11.1. The summed E-state index contributed by atoms with van der Waals surface area (Å²) in [5.41, 5.74) is 3.48. The van der Waals surface area contributed by atoms with E-state index in [1.165, 1.54) is 18.9 Å². The highest BCUT2D eigenvalue weighted by Crippen LogP contribution is 2.31. The first-order chi connectivity index (χ1) is 15.3. The fourth-order valence-corrected chi connectivity index (χ4v) is 3.83. The topological polar surface area (TPSA) is 60.0 Å². The Kier molecular flexibility index (Phi) is 6.31. The van der Waals surface area contributed by atoms with E-state index in [4.69, 9.17) is 10.1 Å². The minimum atomic E-state index is -0.232. The van der Waals surface area contributed by atoms with Gasteiger partial charge in [-0.3, -0.25) is 10.2 Å². The normalized spacial score (nSPS) is 14.4. The summed E-state index contributed by atoms with van der Waals surface area (Å²) in [7, 11) is 1.83. The average Bonchev–Trinajstić information content (AvgIpc) is 3.55. The minimum Gasteiger partial charge on any atom is -0.493 e. The lowest BCUT2D eigenvalue weighted by molar-refractivity contribution is 0.0975. The molecule has 0 spiro atoms. The van der Waals surface area contributed by atoms with E-state index in [0.717, 1.165) is 11.1 Å². The van der Waals surface area contributed by atoms with Gasteiger partial charge in [-0.05, 0) is 72.6 Å². The zero-order chi connectivity index (χ0) is 22.8. The van der Waals surface area contributed by atoms with Gasteiger partial charge < -0.3 is 13.9 Å². The van der Waals surface area contributed by atoms with Gasteiger partial charge in [-0.25, -0.2) is 4.39 Å². The van der Waals surface area contributed by atoms with Crippen LogP contribution in [0.5, 0.6) is 5.75 Å². The third-order valence-corrected chi connectivity index (χ3v) is 6.14. The van der Waals surface area contributed by atoms with Crippen LogP contribution in [0.4, 0.5) is 4.39 Å². The number of ketones is 1. The van der Waals surface area contributed by atoms with Crippen LogP contribution in [0.25, 0.3) is 0 Å². The van der Waals surface area contributed by atoms with Gasteiger partial charge in [0.25, 0.3) is 0 Å². The van der Waals surface area contributed by atoms with Gasteiger partial charge >= 0.3 is 0 Å². The second-order valence-corrected chi connectivity index (χ2v) is 9.02. The van der Waals surface area contributed by atoms with E-state index in [-0.39, 0.29) is 17.5 Å². The number of nitrogens with one attached hydrogen (secondary N) is 1. The number of aromatic nitrogens is 2. The van der Waals surface area contributed by atoms with E-state index < -0.39 is 0 Å². The van der Waals surface area contributed by atoms with Crippen LogP contribution in [0.2, 0.25) is 0 Å². The third-order valence-electron chi connectivity index (χ3n) is 6.14. The molecular weight excluding hydrogens is 405 g/mol. The minimum absolute atomic E-state index is 0.0235. The number of aryl methyl sites for hydroxylation is 2. The molecular formula is C26H30FN3O2. The number of nitrogens with zero attached hydrogens (tertiary/aromatic N) is 2. The Labute approximate surface area is 188 Å². The summed E-state index contributed by atoms with van der Waals surface area (Å²) in [5.74, 6) is 1.09. The molecule has 1 atom stereocenters. The number of halogens is 1. The molecule has 1 fully saturated rings. The van der Waals surface area contributed by atoms with E-state index in [2.05, 4.69) is 0 Å². The quantitative estimate of drug-likeness (QED) is 0.483. The number of ether oxygens (including phenoxy) is 1. The second kappa shape index (κ2) is 9.15. The van der Waals surface area contributed by atoms with Crippen molar-refractivity contribution in [2.75, 3.05) is 6.61 Å². The summed E-state index contributed by atoms with van der Waals surface area (Å²) in [6.45, 7) is 4.89. The van der Waals surface area contributed by atoms with Gasteiger partial charge in [0.05, 0.1) is 13.2 Å². The molecule has 0 radical (unpaired) electrons. The Hall–Kier alpha value is -3.15. The second-order valence-electron chi connectivity index (χ2n) is 9.02. The summed E-state index contributed by atoms with van der Waals surface area (Å²) in [6.07, 6.45) is 6.43. The van der Waals surface area contributed by atoms with Gasteiger partial charge in [-0.1, -0.05) is 19.1 Å². The number of rotatable bonds is 9. The van der Waals surface area contributed by atoms with Crippen molar-refractivity contribution < 1.29 is 13.9 Å². The third kappa shape index (κ3) is 5.18. The monoisotopic (exact) mass is 435 g/mol. The maximum Gasteiger partial charge on any atom is 0.202 e. The highest BCUT2D eigenvalue weighted by Gasteiger charge is 2.22. The molecule has 168 valence electrons. The smallest absolute Gasteiger partial charge is 0.202 e. The maximum absolute atomic E-state index is 13.6. The van der Waals surface area contributed by atoms with Crippen LogP contribution in [-0.2, 0) is 13.6 Å². The van der Waals surface area contributed by atoms with Crippen molar-refractivity contribution in [3.63, 3.8) is 0 Å². The summed E-state index contributed by atoms with van der Waals surface area (Å²) in [6, 6.07) is 10.7. The van der Waals surface area contributed by atoms with E-state index in [0.29, 0.717) is 48.0 Å². The van der Waals surface area contributed by atoms with Crippen LogP contribution in [0.1, 0.15) is 59.2 Å². The van der Waals surface area contributed by atoms with Crippen molar-refractivity contribution in [2.24, 2.45) is 13.0 Å². The fourth-order valence-electron chi connectivity index (χ4n) is 3.83. The molecule has 4 rings (SSSR count). The van der Waals surface area contributed by atoms with Gasteiger partial charge in [0.2, 0.25) is 5.62 Å². The van der Waals surface area contributed by atoms with Crippen molar-refractivity contribution in [2.45, 2.75) is 45.6 Å². The summed E-state index contributed by atoms with van der Waals surface area (Å²) < 4.78 is 23.2. The van der Waals surface area contributed by atoms with Crippen LogP contribution in [0, 0.1) is 24.1 Å². The van der Waals surface area contributed by atoms with Gasteiger partial charge in [-0.15, -0.1) is 0 Å². The van der Waals surface area contributed by atoms with Gasteiger partial charge in [-0.2, -0.15) is 0 Å². The number of benzene rings is 2. The predicted octanol–water partition coefficient (Wildman–Crippen LogP) is 4.97. The first kappa shape index (κ1) is 22.1. The molecule has 1 aromatic heterocycles. The SMILES string of the molecule is Cc1cc([C@H](C)CC(=O)c2cc(Cn3ccn(C)c3=N)cc(OCC3CC3)c2)ccc1F. The molecule has 0 aliphatic heterocycles. The molecule has 0 amide bonds. The van der Waals surface area contributed by atoms with Crippen molar-refractivity contribution in [1.82, 2.24) is 9.13 Å². The van der Waals surface area contributed by atoms with Crippen molar-refractivity contribution in [3.05, 3.63) is 82.5 Å². The highest BCUT2D eigenvalue weighted by atomic mass is 19.1. The van der Waals surface area contributed by atoms with Crippen LogP contribution < -0.4 is 10.4 Å². The Balaban J connectivity index is 1.56. The molecule has 1 N–H and O–H groups in total. The largest absolute Gasteiger partial charge is 0.493 e. The first-order valence-electron chi connectivity index (χ1n) is 11.1. The standard InChI is InChI=1S/C26H30FN3O2/c1-17(21-6-7-24(27)18(2)10-21)11-25(31)22-12-20(15-30-9-8-29(3)26(30)28)13-23(14-22)32-16-19-4-5-19/h6-10,12-14,17,19,28H,4-5,11,15-16H2,1-3H3/t17-/m1/s1. The number of Topliss-reactive ketones (excluding diaryl/α,β-unsaturated/α-hetero) is 1. The highest BCUT2D eigenvalue weighted by molar-refractivity contribution is 5.97. The Morgan fingerprint density at radius 3 is 2.66 bits per heavy atom. The van der Waals surface area contributed by atoms with E-state index in [1.807, 2.05) is 55.2 Å². The van der Waals surface area contributed by atoms with Gasteiger partial charge in [0.1, 0.15) is 11.6 Å². The zero-order valence-corrected chi connectivity index (χ0v) is 18.9. The molecule has 5 nitrogen and oxygen atoms in total. The molecule has 0 unspecified atom stereocenters. The lowest BCUT2D eigenvalue weighted by Crippen LogP contribution is -2.22. The molecule has 3 aromatic rings. The number of imidazole rings is 1. The average molecular weight is 436 g/mol. The Morgan fingerprint density at radius 2 is 2.00 bits per heavy atom. The Bertz CT molecular complexity index is 1190. The molecule has 6 heteroatoms. The zero-order valence-electron chi connectivity index (χ0n) is 18.9. The molecule has 2 aromatic carbocycles. The van der Waals surface area contributed by atoms with Crippen LogP contribution in [0.15, 0.2) is 48.8 Å². The fraction of sp³-hybridized carbons (Fsp3) is 0.385. The predicted molar refractivity (Wildman–Crippen MR) is 122 cm³/mol. The maximum atomic E-state index is 13.6. The molecule has 0 bridgehead atoms. The molecule has 0 saturated heterocycles. The number of hydrogen-bond acceptors (Lipinski definition) is 3. The van der Waals surface area contributed by atoms with Crippen molar-refractivity contribution in [3.8, 4) is 5.75 Å². The van der Waals surface area contributed by atoms with Gasteiger partial charge in [0, 0.05) is 31.4 Å². The number of carbonyl (C=O) groups is 1. The molecule has 1 heterocycles. The summed E-state index contributed by atoms with van der Waals surface area (Å²) in [4.78, 5) is 13.2. The van der Waals surface area contributed by atoms with E-state index in [1.54, 1.807) is 17.6 Å². The van der Waals surface area contributed by atoms with Crippen molar-refractivity contribution in [1.29, 1.82) is 5.41 Å². The molecule has 1 saturated carbocycles. The number of hydrogen-bond donors (Lipinski definition) is 1. The molecule has 1 aliphatic carbocycles. The number of carbonyl (C=O) groups excluding carboxylic acids is 1. The van der Waals surface area contributed by atoms with E-state index >= 15 is 0 Å². The van der Waals surface area contributed by atoms with Crippen LogP contribution in [-0.4, -0.2) is 21.5 Å². The van der Waals surface area contributed by atoms with Crippen LogP contribution in [0.3, 0.4) is 0 Å².